The van der Waals surface area contributed by atoms with Crippen molar-refractivity contribution in [3.05, 3.63) is 48.0 Å². The third-order valence-electron chi connectivity index (χ3n) is 3.82. The third-order valence-corrected chi connectivity index (χ3v) is 4.96. The molecule has 0 bridgehead atoms. The molecule has 5 heteroatoms. The Kier molecular flexibility index (Phi) is 3.11. The summed E-state index contributed by atoms with van der Waals surface area (Å²) in [6, 6.07) is 13.3. The molecule has 1 aromatic heterocycles. The van der Waals surface area contributed by atoms with Crippen LogP contribution < -0.4 is 5.73 Å². The largest absolute Gasteiger partial charge is 0.350 e. The van der Waals surface area contributed by atoms with Crippen molar-refractivity contribution in [2.45, 2.75) is 19.4 Å². The minimum atomic E-state index is -0.879. The summed E-state index contributed by atoms with van der Waals surface area (Å²) in [6.45, 7) is 3.51. The van der Waals surface area contributed by atoms with Crippen LogP contribution in [-0.4, -0.2) is 16.3 Å². The second kappa shape index (κ2) is 4.72. The Balaban J connectivity index is 2.17. The summed E-state index contributed by atoms with van der Waals surface area (Å²) in [4.78, 5) is 11.2. The van der Waals surface area contributed by atoms with Gasteiger partial charge in [0.2, 0.25) is 0 Å². The molecule has 2 amide bonds. The molecule has 3 rings (SSSR count). The van der Waals surface area contributed by atoms with E-state index < -0.39 is 11.6 Å². The third kappa shape index (κ3) is 2.14. The zero-order valence-electron chi connectivity index (χ0n) is 11.8. The molecule has 0 atom stereocenters. The van der Waals surface area contributed by atoms with E-state index in [2.05, 4.69) is 12.1 Å². The Bertz CT molecular complexity index is 839. The predicted molar refractivity (Wildman–Crippen MR) is 85.6 cm³/mol. The average molecular weight is 300 g/mol. The van der Waals surface area contributed by atoms with Crippen molar-refractivity contribution in [2.24, 2.45) is 5.73 Å². The number of benzene rings is 2. The van der Waals surface area contributed by atoms with Crippen LogP contribution in [0.2, 0.25) is 0 Å². The van der Waals surface area contributed by atoms with Gasteiger partial charge in [0.15, 0.2) is 0 Å². The number of hydrogen-bond acceptors (Lipinski definition) is 3. The van der Waals surface area contributed by atoms with Crippen LogP contribution in [0, 0.1) is 0 Å². The summed E-state index contributed by atoms with van der Waals surface area (Å²) in [7, 11) is 0. The molecule has 4 nitrogen and oxygen atoms in total. The minimum Gasteiger partial charge on any atom is -0.350 e. The molecule has 0 aliphatic heterocycles. The van der Waals surface area contributed by atoms with Gasteiger partial charge in [-0.3, -0.25) is 5.21 Å². The Labute approximate surface area is 126 Å². The Morgan fingerprint density at radius 1 is 1.14 bits per heavy atom. The molecular formula is C16H16N2O2S. The standard InChI is InChI=1S/C16H16N2O2S/c1-16(2,18(20)15(17)19)10-7-8-12-11-5-3-4-6-13(11)21-14(12)9-10/h3-9,20H,1-2H3,(H2,17,19). The van der Waals surface area contributed by atoms with Crippen molar-refractivity contribution in [3.63, 3.8) is 0 Å². The molecule has 0 spiro atoms. The van der Waals surface area contributed by atoms with Gasteiger partial charge in [-0.15, -0.1) is 11.3 Å². The van der Waals surface area contributed by atoms with E-state index in [9.17, 15) is 10.0 Å². The predicted octanol–water partition coefficient (Wildman–Crippen LogP) is 4.06. The summed E-state index contributed by atoms with van der Waals surface area (Å²) < 4.78 is 2.35. The van der Waals surface area contributed by atoms with Crippen LogP contribution in [0.25, 0.3) is 20.2 Å². The monoisotopic (exact) mass is 300 g/mol. The number of nitrogens with zero attached hydrogens (tertiary/aromatic N) is 1. The minimum absolute atomic E-state index is 0.571. The van der Waals surface area contributed by atoms with E-state index in [0.717, 1.165) is 10.3 Å². The molecule has 0 radical (unpaired) electrons. The molecule has 0 fully saturated rings. The van der Waals surface area contributed by atoms with Gasteiger partial charge < -0.3 is 5.73 Å². The first-order chi connectivity index (χ1) is 9.91. The van der Waals surface area contributed by atoms with Gasteiger partial charge in [0.1, 0.15) is 0 Å². The van der Waals surface area contributed by atoms with Gasteiger partial charge in [0, 0.05) is 20.2 Å². The number of carbonyl (C=O) groups excluding carboxylic acids is 1. The molecule has 0 saturated heterocycles. The second-order valence-corrected chi connectivity index (χ2v) is 6.60. The topological polar surface area (TPSA) is 66.6 Å². The van der Waals surface area contributed by atoms with E-state index in [4.69, 9.17) is 5.73 Å². The van der Waals surface area contributed by atoms with E-state index in [1.54, 1.807) is 25.2 Å². The van der Waals surface area contributed by atoms with Gasteiger partial charge in [-0.1, -0.05) is 30.3 Å². The quantitative estimate of drug-likeness (QED) is 0.553. The van der Waals surface area contributed by atoms with Crippen molar-refractivity contribution in [1.82, 2.24) is 5.06 Å². The molecular weight excluding hydrogens is 284 g/mol. The first-order valence-corrected chi connectivity index (χ1v) is 7.43. The average Bonchev–Trinajstić information content (AvgIpc) is 2.83. The van der Waals surface area contributed by atoms with Gasteiger partial charge in [-0.05, 0) is 31.5 Å². The van der Waals surface area contributed by atoms with Crippen molar-refractivity contribution in [1.29, 1.82) is 0 Å². The molecule has 0 saturated carbocycles. The number of fused-ring (bicyclic) bond motifs is 3. The number of urea groups is 1. The van der Waals surface area contributed by atoms with Crippen molar-refractivity contribution in [2.75, 3.05) is 0 Å². The van der Waals surface area contributed by atoms with Gasteiger partial charge in [-0.25, -0.2) is 4.79 Å². The fourth-order valence-corrected chi connectivity index (χ4v) is 3.65. The number of hydrogen-bond donors (Lipinski definition) is 2. The van der Waals surface area contributed by atoms with Gasteiger partial charge in [0.25, 0.3) is 0 Å². The lowest BCUT2D eigenvalue weighted by Gasteiger charge is -2.32. The van der Waals surface area contributed by atoms with Crippen molar-refractivity contribution >= 4 is 37.5 Å². The summed E-state index contributed by atoms with van der Waals surface area (Å²) in [5.41, 5.74) is 5.13. The number of nitrogens with two attached hydrogens (primary N) is 1. The smallest absolute Gasteiger partial charge is 0.339 e. The van der Waals surface area contributed by atoms with E-state index in [1.165, 1.54) is 15.5 Å². The number of thiophene rings is 1. The van der Waals surface area contributed by atoms with E-state index in [-0.39, 0.29) is 0 Å². The van der Waals surface area contributed by atoms with Gasteiger partial charge in [-0.2, -0.15) is 5.06 Å². The van der Waals surface area contributed by atoms with E-state index >= 15 is 0 Å². The SMILES string of the molecule is CC(C)(c1ccc2c(c1)sc1ccccc12)N(O)C(N)=O. The maximum absolute atomic E-state index is 11.2. The van der Waals surface area contributed by atoms with Crippen molar-refractivity contribution in [3.8, 4) is 0 Å². The highest BCUT2D eigenvalue weighted by Gasteiger charge is 2.31. The first-order valence-electron chi connectivity index (χ1n) is 6.61. The second-order valence-electron chi connectivity index (χ2n) is 5.52. The number of amides is 2. The fourth-order valence-electron chi connectivity index (χ4n) is 2.50. The number of rotatable bonds is 2. The van der Waals surface area contributed by atoms with Crippen LogP contribution in [0.4, 0.5) is 4.79 Å². The summed E-state index contributed by atoms with van der Waals surface area (Å²) in [5, 5.41) is 12.9. The van der Waals surface area contributed by atoms with Crippen molar-refractivity contribution < 1.29 is 10.0 Å². The lowest BCUT2D eigenvalue weighted by atomic mass is 9.93. The normalized spacial score (nSPS) is 12.0. The molecule has 3 N–H and O–H groups in total. The van der Waals surface area contributed by atoms with E-state index in [0.29, 0.717) is 5.06 Å². The van der Waals surface area contributed by atoms with Crippen LogP contribution in [-0.2, 0) is 5.54 Å². The van der Waals surface area contributed by atoms with E-state index in [1.807, 2.05) is 30.3 Å². The van der Waals surface area contributed by atoms with Crippen LogP contribution in [0.1, 0.15) is 19.4 Å². The highest BCUT2D eigenvalue weighted by Crippen LogP contribution is 2.37. The first kappa shape index (κ1) is 13.9. The Morgan fingerprint density at radius 3 is 2.52 bits per heavy atom. The summed E-state index contributed by atoms with van der Waals surface area (Å²) in [6.07, 6.45) is 0. The van der Waals surface area contributed by atoms with Crippen LogP contribution >= 0.6 is 11.3 Å². The summed E-state index contributed by atoms with van der Waals surface area (Å²) >= 11 is 1.70. The highest BCUT2D eigenvalue weighted by molar-refractivity contribution is 7.25. The number of hydroxylamine groups is 2. The number of primary amides is 1. The van der Waals surface area contributed by atoms with Crippen LogP contribution in [0.5, 0.6) is 0 Å². The lowest BCUT2D eigenvalue weighted by molar-refractivity contribution is -0.114. The molecule has 0 aliphatic rings. The fraction of sp³-hybridized carbons (Fsp3) is 0.188. The van der Waals surface area contributed by atoms with Gasteiger partial charge >= 0.3 is 6.03 Å². The highest BCUT2D eigenvalue weighted by atomic mass is 32.1. The zero-order chi connectivity index (χ0) is 15.2. The maximum Gasteiger partial charge on any atom is 0.339 e. The molecule has 3 aromatic rings. The molecule has 0 unspecified atom stereocenters. The Morgan fingerprint density at radius 2 is 1.81 bits per heavy atom. The maximum atomic E-state index is 11.2. The number of carbonyl (C=O) groups is 1. The molecule has 108 valence electrons. The molecule has 1 heterocycles. The molecule has 0 aliphatic carbocycles. The summed E-state index contributed by atoms with van der Waals surface area (Å²) in [5.74, 6) is 0. The lowest BCUT2D eigenvalue weighted by Crippen LogP contribution is -2.46. The zero-order valence-corrected chi connectivity index (χ0v) is 12.6. The van der Waals surface area contributed by atoms with Crippen LogP contribution in [0.15, 0.2) is 42.5 Å². The van der Waals surface area contributed by atoms with Gasteiger partial charge in [0.05, 0.1) is 5.54 Å². The molecule has 21 heavy (non-hydrogen) atoms. The van der Waals surface area contributed by atoms with Crippen LogP contribution in [0.3, 0.4) is 0 Å². The Hall–Kier alpha value is -2.11. The molecule has 2 aromatic carbocycles.